The molecule has 0 aliphatic heterocycles. The number of aromatic nitrogens is 1. The van der Waals surface area contributed by atoms with E-state index in [0.717, 1.165) is 5.39 Å². The molecule has 22 heavy (non-hydrogen) atoms. The van der Waals surface area contributed by atoms with Crippen LogP contribution in [0.2, 0.25) is 0 Å². The minimum atomic E-state index is -3.25. The number of hydrogen-bond acceptors (Lipinski definition) is 3. The van der Waals surface area contributed by atoms with Crippen molar-refractivity contribution >= 4 is 26.5 Å². The second kappa shape index (κ2) is 4.22. The van der Waals surface area contributed by atoms with Crippen LogP contribution in [0.4, 0.5) is 0 Å². The Hall–Kier alpha value is -1.62. The van der Waals surface area contributed by atoms with Crippen LogP contribution in [0.15, 0.2) is 29.3 Å². The van der Waals surface area contributed by atoms with Gasteiger partial charge in [0.1, 0.15) is 0 Å². The quantitative estimate of drug-likeness (QED) is 0.881. The first-order valence-corrected chi connectivity index (χ1v) is 9.22. The molecular formula is C17H21NO3S. The number of carbonyl (C=O) groups excluding carboxylic acids is 1. The molecule has 0 bridgehead atoms. The van der Waals surface area contributed by atoms with E-state index in [4.69, 9.17) is 0 Å². The number of carbonyl (C=O) groups is 1. The normalized spacial score (nSPS) is 20.2. The summed E-state index contributed by atoms with van der Waals surface area (Å²) >= 11 is 0. The molecule has 1 aromatic carbocycles. The second-order valence-corrected chi connectivity index (χ2v) is 9.44. The van der Waals surface area contributed by atoms with Crippen LogP contribution in [0.5, 0.6) is 0 Å². The van der Waals surface area contributed by atoms with Crippen LogP contribution >= 0.6 is 0 Å². The van der Waals surface area contributed by atoms with Crippen LogP contribution in [-0.4, -0.2) is 25.4 Å². The van der Waals surface area contributed by atoms with Crippen LogP contribution in [0, 0.1) is 16.7 Å². The van der Waals surface area contributed by atoms with Crippen molar-refractivity contribution in [3.63, 3.8) is 0 Å². The van der Waals surface area contributed by atoms with E-state index in [2.05, 4.69) is 32.7 Å². The van der Waals surface area contributed by atoms with Gasteiger partial charge in [0.2, 0.25) is 0 Å². The molecule has 1 aliphatic carbocycles. The van der Waals surface area contributed by atoms with Crippen molar-refractivity contribution in [1.29, 1.82) is 0 Å². The van der Waals surface area contributed by atoms with Gasteiger partial charge in [0.15, 0.2) is 15.6 Å². The van der Waals surface area contributed by atoms with E-state index in [-0.39, 0.29) is 27.4 Å². The Labute approximate surface area is 130 Å². The lowest BCUT2D eigenvalue weighted by molar-refractivity contribution is 0.0947. The minimum Gasteiger partial charge on any atom is -0.360 e. The number of H-pyrrole nitrogens is 1. The van der Waals surface area contributed by atoms with Gasteiger partial charge in [-0.3, -0.25) is 4.79 Å². The van der Waals surface area contributed by atoms with Gasteiger partial charge in [-0.25, -0.2) is 8.42 Å². The van der Waals surface area contributed by atoms with Crippen LogP contribution < -0.4 is 0 Å². The summed E-state index contributed by atoms with van der Waals surface area (Å²) in [5.41, 5.74) is 1.31. The standard InChI is InChI=1S/C17H21NO3S/c1-16(2)15(17(16,3)4)14(19)12-9-18-13-8-10(22(5,20)21)6-7-11(12)13/h6-9,15,18H,1-5H3. The van der Waals surface area contributed by atoms with E-state index in [0.29, 0.717) is 11.1 Å². The molecule has 1 saturated carbocycles. The first kappa shape index (κ1) is 15.3. The molecule has 0 spiro atoms. The number of ketones is 1. The van der Waals surface area contributed by atoms with Gasteiger partial charge in [-0.1, -0.05) is 33.8 Å². The van der Waals surface area contributed by atoms with Gasteiger partial charge in [0.25, 0.3) is 0 Å². The van der Waals surface area contributed by atoms with Gasteiger partial charge < -0.3 is 4.98 Å². The third kappa shape index (κ3) is 1.95. The highest BCUT2D eigenvalue weighted by molar-refractivity contribution is 7.90. The molecule has 0 radical (unpaired) electrons. The van der Waals surface area contributed by atoms with E-state index in [1.54, 1.807) is 24.4 Å². The number of sulfone groups is 1. The largest absolute Gasteiger partial charge is 0.360 e. The fourth-order valence-corrected chi connectivity index (χ4v) is 4.19. The maximum Gasteiger partial charge on any atom is 0.175 e. The molecule has 0 atom stereocenters. The molecular weight excluding hydrogens is 298 g/mol. The number of fused-ring (bicyclic) bond motifs is 1. The van der Waals surface area contributed by atoms with Crippen molar-refractivity contribution in [2.45, 2.75) is 32.6 Å². The number of rotatable bonds is 3. The lowest BCUT2D eigenvalue weighted by Crippen LogP contribution is -2.06. The molecule has 118 valence electrons. The zero-order valence-corrected chi connectivity index (χ0v) is 14.3. The third-order valence-corrected chi connectivity index (χ3v) is 6.74. The van der Waals surface area contributed by atoms with Gasteiger partial charge in [-0.05, 0) is 23.0 Å². The van der Waals surface area contributed by atoms with E-state index >= 15 is 0 Å². The van der Waals surface area contributed by atoms with Crippen LogP contribution in [0.25, 0.3) is 10.9 Å². The monoisotopic (exact) mass is 319 g/mol. The third-order valence-electron chi connectivity index (χ3n) is 5.63. The van der Waals surface area contributed by atoms with Gasteiger partial charge in [0, 0.05) is 34.8 Å². The predicted octanol–water partition coefficient (Wildman–Crippen LogP) is 3.44. The maximum absolute atomic E-state index is 12.9. The van der Waals surface area contributed by atoms with Crippen molar-refractivity contribution in [3.05, 3.63) is 30.0 Å². The van der Waals surface area contributed by atoms with E-state index in [9.17, 15) is 13.2 Å². The maximum atomic E-state index is 12.9. The Morgan fingerprint density at radius 3 is 2.23 bits per heavy atom. The molecule has 0 unspecified atom stereocenters. The summed E-state index contributed by atoms with van der Waals surface area (Å²) in [5.74, 6) is 0.127. The van der Waals surface area contributed by atoms with Crippen molar-refractivity contribution in [2.75, 3.05) is 6.26 Å². The fraction of sp³-hybridized carbons (Fsp3) is 0.471. The van der Waals surface area contributed by atoms with E-state index in [1.165, 1.54) is 6.26 Å². The average molecular weight is 319 g/mol. The Kier molecular flexibility index (Phi) is 2.93. The number of aromatic amines is 1. The molecule has 0 amide bonds. The minimum absolute atomic E-state index is 0.00594. The second-order valence-electron chi connectivity index (χ2n) is 7.42. The van der Waals surface area contributed by atoms with E-state index < -0.39 is 9.84 Å². The van der Waals surface area contributed by atoms with Crippen LogP contribution in [-0.2, 0) is 9.84 Å². The molecule has 1 fully saturated rings. The Morgan fingerprint density at radius 1 is 1.14 bits per heavy atom. The molecule has 4 nitrogen and oxygen atoms in total. The smallest absolute Gasteiger partial charge is 0.175 e. The SMILES string of the molecule is CC1(C)C(C(=O)c2c[nH]c3cc(S(C)(=O)=O)ccc23)C1(C)C. The summed E-state index contributed by atoms with van der Waals surface area (Å²) < 4.78 is 23.2. The van der Waals surface area contributed by atoms with Crippen molar-refractivity contribution in [3.8, 4) is 0 Å². The molecule has 3 rings (SSSR count). The summed E-state index contributed by atoms with van der Waals surface area (Å²) in [5, 5.41) is 0.788. The summed E-state index contributed by atoms with van der Waals surface area (Å²) in [6.45, 7) is 8.47. The van der Waals surface area contributed by atoms with Gasteiger partial charge in [-0.2, -0.15) is 0 Å². The van der Waals surface area contributed by atoms with Gasteiger partial charge in [0.05, 0.1) is 4.90 Å². The zero-order chi connectivity index (χ0) is 16.5. The first-order valence-electron chi connectivity index (χ1n) is 7.33. The number of hydrogen-bond donors (Lipinski definition) is 1. The summed E-state index contributed by atoms with van der Waals surface area (Å²) in [7, 11) is -3.25. The Bertz CT molecular complexity index is 874. The highest BCUT2D eigenvalue weighted by atomic mass is 32.2. The van der Waals surface area contributed by atoms with Crippen molar-refractivity contribution in [1.82, 2.24) is 4.98 Å². The van der Waals surface area contributed by atoms with Gasteiger partial charge in [-0.15, -0.1) is 0 Å². The Morgan fingerprint density at radius 2 is 1.73 bits per heavy atom. The van der Waals surface area contributed by atoms with Gasteiger partial charge >= 0.3 is 0 Å². The first-order chi connectivity index (χ1) is 9.98. The molecule has 2 aromatic rings. The summed E-state index contributed by atoms with van der Waals surface area (Å²) in [6, 6.07) is 4.87. The molecule has 0 saturated heterocycles. The lowest BCUT2D eigenvalue weighted by Gasteiger charge is -2.03. The molecule has 5 heteroatoms. The van der Waals surface area contributed by atoms with Crippen LogP contribution in [0.3, 0.4) is 0 Å². The number of Topliss-reactive ketones (excluding diaryl/α,β-unsaturated/α-hetero) is 1. The lowest BCUT2D eigenvalue weighted by atomic mass is 10.0. The average Bonchev–Trinajstić information content (AvgIpc) is 2.73. The topological polar surface area (TPSA) is 67.0 Å². The fourth-order valence-electron chi connectivity index (χ4n) is 3.55. The predicted molar refractivity (Wildman–Crippen MR) is 86.8 cm³/mol. The Balaban J connectivity index is 2.06. The van der Waals surface area contributed by atoms with Crippen molar-refractivity contribution < 1.29 is 13.2 Å². The molecule has 1 N–H and O–H groups in total. The molecule has 1 aliphatic rings. The van der Waals surface area contributed by atoms with Crippen LogP contribution in [0.1, 0.15) is 38.1 Å². The zero-order valence-electron chi connectivity index (χ0n) is 13.5. The highest BCUT2D eigenvalue weighted by Crippen LogP contribution is 2.69. The number of benzene rings is 1. The summed E-state index contributed by atoms with van der Waals surface area (Å²) in [4.78, 5) is 16.1. The highest BCUT2D eigenvalue weighted by Gasteiger charge is 2.68. The van der Waals surface area contributed by atoms with Crippen molar-refractivity contribution in [2.24, 2.45) is 16.7 Å². The molecule has 1 heterocycles. The number of nitrogens with one attached hydrogen (secondary N) is 1. The summed E-state index contributed by atoms with van der Waals surface area (Å²) in [6.07, 6.45) is 2.88. The van der Waals surface area contributed by atoms with E-state index in [1.807, 2.05) is 0 Å². The molecule has 1 aromatic heterocycles.